The first kappa shape index (κ1) is 16.8. The standard InChI is InChI=1S/C6H16N2.2ClH/c1-4-6(7)5-8(2)3;;/h6H,4-5,7H2,1-3H3;2*1H/t6-;;/m1../s1. The van der Waals surface area contributed by atoms with E-state index in [4.69, 9.17) is 5.73 Å². The molecule has 4 heteroatoms. The molecule has 0 saturated heterocycles. The van der Waals surface area contributed by atoms with E-state index < -0.39 is 0 Å². The van der Waals surface area contributed by atoms with Crippen molar-refractivity contribution >= 4 is 24.8 Å². The number of nitrogens with two attached hydrogens (primary N) is 1. The Morgan fingerprint density at radius 1 is 1.30 bits per heavy atom. The maximum absolute atomic E-state index is 5.63. The molecule has 66 valence electrons. The van der Waals surface area contributed by atoms with E-state index in [1.165, 1.54) is 0 Å². The molecule has 0 fully saturated rings. The van der Waals surface area contributed by atoms with Gasteiger partial charge in [-0.15, -0.1) is 24.8 Å². The number of hydrogen-bond acceptors (Lipinski definition) is 2. The Labute approximate surface area is 76.0 Å². The van der Waals surface area contributed by atoms with E-state index in [0.717, 1.165) is 13.0 Å². The summed E-state index contributed by atoms with van der Waals surface area (Å²) < 4.78 is 0. The zero-order valence-electron chi connectivity index (χ0n) is 6.83. The maximum Gasteiger partial charge on any atom is 0.0164 e. The van der Waals surface area contributed by atoms with Gasteiger partial charge in [0.1, 0.15) is 0 Å². The topological polar surface area (TPSA) is 29.3 Å². The molecule has 0 aromatic carbocycles. The molecule has 1 atom stereocenters. The molecular formula is C6H18Cl2N2. The molecule has 0 aliphatic carbocycles. The molecule has 0 amide bonds. The van der Waals surface area contributed by atoms with Crippen LogP contribution in [0.3, 0.4) is 0 Å². The van der Waals surface area contributed by atoms with E-state index in [1.54, 1.807) is 0 Å². The summed E-state index contributed by atoms with van der Waals surface area (Å²) >= 11 is 0. The van der Waals surface area contributed by atoms with Crippen LogP contribution in [0.1, 0.15) is 13.3 Å². The number of rotatable bonds is 3. The Hall–Kier alpha value is 0.500. The van der Waals surface area contributed by atoms with Gasteiger partial charge in [-0.05, 0) is 20.5 Å². The van der Waals surface area contributed by atoms with Gasteiger partial charge in [0.05, 0.1) is 0 Å². The number of nitrogens with zero attached hydrogens (tertiary/aromatic N) is 1. The van der Waals surface area contributed by atoms with E-state index in [0.29, 0.717) is 6.04 Å². The lowest BCUT2D eigenvalue weighted by Crippen LogP contribution is -2.32. The van der Waals surface area contributed by atoms with Crippen molar-refractivity contribution in [2.45, 2.75) is 19.4 Å². The normalized spacial score (nSPS) is 11.7. The van der Waals surface area contributed by atoms with Crippen molar-refractivity contribution in [1.29, 1.82) is 0 Å². The predicted octanol–water partition coefficient (Wildman–Crippen LogP) is 1.13. The third kappa shape index (κ3) is 11.3. The van der Waals surface area contributed by atoms with E-state index in [-0.39, 0.29) is 24.8 Å². The van der Waals surface area contributed by atoms with Crippen LogP contribution in [0.15, 0.2) is 0 Å². The Morgan fingerprint density at radius 3 is 1.80 bits per heavy atom. The lowest BCUT2D eigenvalue weighted by molar-refractivity contribution is 0.368. The lowest BCUT2D eigenvalue weighted by Gasteiger charge is -2.13. The van der Waals surface area contributed by atoms with Crippen LogP contribution in [0.5, 0.6) is 0 Å². The predicted molar refractivity (Wildman–Crippen MR) is 51.3 cm³/mol. The molecule has 0 heterocycles. The van der Waals surface area contributed by atoms with Gasteiger partial charge in [0.2, 0.25) is 0 Å². The van der Waals surface area contributed by atoms with Gasteiger partial charge in [0.15, 0.2) is 0 Å². The highest BCUT2D eigenvalue weighted by molar-refractivity contribution is 5.85. The fraction of sp³-hybridized carbons (Fsp3) is 1.00. The highest BCUT2D eigenvalue weighted by Crippen LogP contribution is 1.86. The van der Waals surface area contributed by atoms with Gasteiger partial charge in [0, 0.05) is 12.6 Å². The van der Waals surface area contributed by atoms with E-state index in [1.807, 2.05) is 14.1 Å². The summed E-state index contributed by atoms with van der Waals surface area (Å²) in [5, 5.41) is 0. The van der Waals surface area contributed by atoms with E-state index in [9.17, 15) is 0 Å². The lowest BCUT2D eigenvalue weighted by atomic mass is 10.2. The maximum atomic E-state index is 5.63. The molecule has 0 aromatic rings. The second-order valence-corrected chi connectivity index (χ2v) is 2.43. The minimum atomic E-state index is 0. The summed E-state index contributed by atoms with van der Waals surface area (Å²) in [6.45, 7) is 3.10. The average molecular weight is 189 g/mol. The van der Waals surface area contributed by atoms with Crippen LogP contribution in [-0.2, 0) is 0 Å². The molecule has 2 nitrogen and oxygen atoms in total. The molecule has 10 heavy (non-hydrogen) atoms. The molecule has 0 aliphatic rings. The monoisotopic (exact) mass is 188 g/mol. The van der Waals surface area contributed by atoms with Crippen molar-refractivity contribution in [3.8, 4) is 0 Å². The van der Waals surface area contributed by atoms with E-state index >= 15 is 0 Å². The third-order valence-electron chi connectivity index (χ3n) is 1.12. The second-order valence-electron chi connectivity index (χ2n) is 2.43. The average Bonchev–Trinajstić information content (AvgIpc) is 1.65. The summed E-state index contributed by atoms with van der Waals surface area (Å²) in [6.07, 6.45) is 1.07. The Kier molecular flexibility index (Phi) is 16.0. The molecule has 0 rings (SSSR count). The first-order chi connectivity index (χ1) is 3.66. The molecular weight excluding hydrogens is 171 g/mol. The summed E-state index contributed by atoms with van der Waals surface area (Å²) in [5.41, 5.74) is 5.63. The third-order valence-corrected chi connectivity index (χ3v) is 1.12. The van der Waals surface area contributed by atoms with Crippen LogP contribution in [-0.4, -0.2) is 31.6 Å². The van der Waals surface area contributed by atoms with Crippen molar-refractivity contribution < 1.29 is 0 Å². The minimum Gasteiger partial charge on any atom is -0.327 e. The second kappa shape index (κ2) is 9.50. The smallest absolute Gasteiger partial charge is 0.0164 e. The van der Waals surface area contributed by atoms with Crippen LogP contribution < -0.4 is 5.73 Å². The minimum absolute atomic E-state index is 0. The molecule has 2 N–H and O–H groups in total. The summed E-state index contributed by atoms with van der Waals surface area (Å²) in [6, 6.07) is 0.352. The van der Waals surface area contributed by atoms with Crippen molar-refractivity contribution in [3.05, 3.63) is 0 Å². The molecule has 0 aromatic heterocycles. The van der Waals surface area contributed by atoms with Gasteiger partial charge in [-0.25, -0.2) is 0 Å². The zero-order chi connectivity index (χ0) is 6.57. The SMILES string of the molecule is CC[C@@H](N)CN(C)C.Cl.Cl. The molecule has 0 bridgehead atoms. The van der Waals surface area contributed by atoms with Crippen molar-refractivity contribution in [1.82, 2.24) is 4.90 Å². The van der Waals surface area contributed by atoms with Crippen LogP contribution in [0.2, 0.25) is 0 Å². The molecule has 0 unspecified atom stereocenters. The largest absolute Gasteiger partial charge is 0.327 e. The number of hydrogen-bond donors (Lipinski definition) is 1. The summed E-state index contributed by atoms with van der Waals surface area (Å²) in [5.74, 6) is 0. The van der Waals surface area contributed by atoms with Gasteiger partial charge < -0.3 is 10.6 Å². The summed E-state index contributed by atoms with van der Waals surface area (Å²) in [4.78, 5) is 2.11. The number of halogens is 2. The van der Waals surface area contributed by atoms with E-state index in [2.05, 4.69) is 11.8 Å². The fourth-order valence-corrected chi connectivity index (χ4v) is 0.598. The molecule has 0 saturated carbocycles. The van der Waals surface area contributed by atoms with Gasteiger partial charge in [-0.3, -0.25) is 0 Å². The Bertz CT molecular complexity index is 59.7. The van der Waals surface area contributed by atoms with Gasteiger partial charge in [-0.2, -0.15) is 0 Å². The first-order valence-electron chi connectivity index (χ1n) is 3.07. The van der Waals surface area contributed by atoms with Crippen LogP contribution >= 0.6 is 24.8 Å². The van der Waals surface area contributed by atoms with Crippen molar-refractivity contribution in [3.63, 3.8) is 0 Å². The summed E-state index contributed by atoms with van der Waals surface area (Å²) in [7, 11) is 4.07. The van der Waals surface area contributed by atoms with Crippen molar-refractivity contribution in [2.75, 3.05) is 20.6 Å². The first-order valence-corrected chi connectivity index (χ1v) is 3.07. The van der Waals surface area contributed by atoms with Crippen LogP contribution in [0.4, 0.5) is 0 Å². The quantitative estimate of drug-likeness (QED) is 0.721. The van der Waals surface area contributed by atoms with Crippen molar-refractivity contribution in [2.24, 2.45) is 5.73 Å². The Morgan fingerprint density at radius 2 is 1.70 bits per heavy atom. The van der Waals surface area contributed by atoms with Crippen LogP contribution in [0, 0.1) is 0 Å². The van der Waals surface area contributed by atoms with Gasteiger partial charge >= 0.3 is 0 Å². The Balaban J connectivity index is -0.000000245. The highest BCUT2D eigenvalue weighted by atomic mass is 35.5. The zero-order valence-corrected chi connectivity index (χ0v) is 8.47. The molecule has 0 radical (unpaired) electrons. The van der Waals surface area contributed by atoms with Gasteiger partial charge in [-0.1, -0.05) is 6.92 Å². The van der Waals surface area contributed by atoms with Gasteiger partial charge in [0.25, 0.3) is 0 Å². The molecule has 0 spiro atoms. The highest BCUT2D eigenvalue weighted by Gasteiger charge is 1.97. The number of likely N-dealkylation sites (N-methyl/N-ethyl adjacent to an activating group) is 1. The fourth-order valence-electron chi connectivity index (χ4n) is 0.598. The molecule has 0 aliphatic heterocycles. The van der Waals surface area contributed by atoms with Crippen LogP contribution in [0.25, 0.3) is 0 Å².